The Hall–Kier alpha value is 0.500. The molecule has 0 radical (unpaired) electrons. The van der Waals surface area contributed by atoms with Crippen molar-refractivity contribution in [3.05, 3.63) is 9.65 Å². The van der Waals surface area contributed by atoms with Gasteiger partial charge >= 0.3 is 0 Å². The average molecular weight is 202 g/mol. The van der Waals surface area contributed by atoms with Crippen molar-refractivity contribution in [2.45, 2.75) is 0 Å². The molecule has 0 heterocycles. The van der Waals surface area contributed by atoms with Crippen LogP contribution in [0.15, 0.2) is 9.65 Å². The van der Waals surface area contributed by atoms with Crippen molar-refractivity contribution in [2.75, 3.05) is 0 Å². The second kappa shape index (κ2) is 2.72. The highest BCUT2D eigenvalue weighted by Gasteiger charge is 1.68. The number of halogens is 2. The van der Waals surface area contributed by atoms with E-state index < -0.39 is 0 Å². The van der Waals surface area contributed by atoms with Crippen LogP contribution in [-0.2, 0) is 0 Å². The van der Waals surface area contributed by atoms with E-state index in [9.17, 15) is 0 Å². The van der Waals surface area contributed by atoms with Gasteiger partial charge in [-0.05, 0) is 15.9 Å². The highest BCUT2D eigenvalue weighted by atomic mass is 79.9. The third-order valence-electron chi connectivity index (χ3n) is 0.0900. The molecule has 0 rings (SSSR count). The fraction of sp³-hybridized carbons (Fsp3) is 0. The fourth-order valence-electron chi connectivity index (χ4n) is 0. The number of hydrogen-bond donors (Lipinski definition) is 1. The molecule has 0 aromatic rings. The molecular weight excluding hydrogens is 200 g/mol. The molecule has 0 aromatic carbocycles. The Morgan fingerprint density at radius 1 is 1.80 bits per heavy atom. The molecule has 5 heavy (non-hydrogen) atoms. The summed E-state index contributed by atoms with van der Waals surface area (Å²) in [5.74, 6) is 0. The van der Waals surface area contributed by atoms with E-state index in [1.54, 1.807) is 0 Å². The standard InChI is InChI=1S/C2H2Br2O/c3-1-2(4)5/h1,5H/b2-1+. The second-order valence-corrected chi connectivity index (χ2v) is 1.70. The predicted octanol–water partition coefficient (Wildman–Crippen LogP) is 2.13. The van der Waals surface area contributed by atoms with Crippen LogP contribution in [0.2, 0.25) is 0 Å². The van der Waals surface area contributed by atoms with Crippen LogP contribution in [0.3, 0.4) is 0 Å². The van der Waals surface area contributed by atoms with Gasteiger partial charge in [0.2, 0.25) is 0 Å². The summed E-state index contributed by atoms with van der Waals surface area (Å²) in [6.07, 6.45) is 0. The van der Waals surface area contributed by atoms with Crippen molar-refractivity contribution in [3.8, 4) is 0 Å². The van der Waals surface area contributed by atoms with Gasteiger partial charge in [0.15, 0.2) is 4.67 Å². The van der Waals surface area contributed by atoms with Crippen molar-refractivity contribution in [2.24, 2.45) is 0 Å². The van der Waals surface area contributed by atoms with Crippen LogP contribution in [-0.4, -0.2) is 5.11 Å². The Kier molecular flexibility index (Phi) is 2.99. The van der Waals surface area contributed by atoms with Gasteiger partial charge in [-0.25, -0.2) is 0 Å². The highest BCUT2D eigenvalue weighted by molar-refractivity contribution is 9.13. The zero-order chi connectivity index (χ0) is 4.28. The Balaban J connectivity index is 3.14. The van der Waals surface area contributed by atoms with E-state index in [4.69, 9.17) is 5.11 Å². The maximum Gasteiger partial charge on any atom is 0.166 e. The highest BCUT2D eigenvalue weighted by Crippen LogP contribution is 1.99. The van der Waals surface area contributed by atoms with E-state index in [0.29, 0.717) is 0 Å². The minimum atomic E-state index is 0.109. The van der Waals surface area contributed by atoms with Crippen molar-refractivity contribution in [1.82, 2.24) is 0 Å². The lowest BCUT2D eigenvalue weighted by atomic mass is 11.2. The molecular formula is C2H2Br2O. The molecule has 0 saturated carbocycles. The molecule has 30 valence electrons. The molecule has 0 fully saturated rings. The van der Waals surface area contributed by atoms with Gasteiger partial charge in [-0.15, -0.1) is 0 Å². The number of hydrogen-bond acceptors (Lipinski definition) is 1. The van der Waals surface area contributed by atoms with Crippen LogP contribution < -0.4 is 0 Å². The Morgan fingerprint density at radius 2 is 2.00 bits per heavy atom. The van der Waals surface area contributed by atoms with Crippen molar-refractivity contribution >= 4 is 31.9 Å². The van der Waals surface area contributed by atoms with Crippen LogP contribution in [0.4, 0.5) is 0 Å². The first kappa shape index (κ1) is 5.50. The minimum Gasteiger partial charge on any atom is -0.501 e. The van der Waals surface area contributed by atoms with Gasteiger partial charge in [-0.3, -0.25) is 0 Å². The molecule has 0 aliphatic carbocycles. The second-order valence-electron chi connectivity index (χ2n) is 0.432. The molecule has 1 nitrogen and oxygen atoms in total. The average Bonchev–Trinajstić information content (AvgIpc) is 1.38. The molecule has 0 bridgehead atoms. The molecule has 0 aromatic heterocycles. The number of aliphatic hydroxyl groups is 1. The van der Waals surface area contributed by atoms with Crippen molar-refractivity contribution in [3.63, 3.8) is 0 Å². The predicted molar refractivity (Wildman–Crippen MR) is 28.6 cm³/mol. The smallest absolute Gasteiger partial charge is 0.166 e. The third-order valence-corrected chi connectivity index (χ3v) is 1.37. The van der Waals surface area contributed by atoms with Gasteiger partial charge in [0.1, 0.15) is 0 Å². The lowest BCUT2D eigenvalue weighted by molar-refractivity contribution is 0.462. The van der Waals surface area contributed by atoms with E-state index >= 15 is 0 Å². The molecule has 0 unspecified atom stereocenters. The molecule has 1 N–H and O–H groups in total. The Bertz CT molecular complexity index is 45.6. The van der Waals surface area contributed by atoms with Gasteiger partial charge < -0.3 is 5.11 Å². The summed E-state index contributed by atoms with van der Waals surface area (Å²) >= 11 is 5.60. The summed E-state index contributed by atoms with van der Waals surface area (Å²) in [7, 11) is 0. The lowest BCUT2D eigenvalue weighted by Crippen LogP contribution is -1.50. The van der Waals surface area contributed by atoms with Crippen LogP contribution in [0.5, 0.6) is 0 Å². The SMILES string of the molecule is O/C(Br)=C/Br. The van der Waals surface area contributed by atoms with Crippen molar-refractivity contribution < 1.29 is 5.11 Å². The van der Waals surface area contributed by atoms with Gasteiger partial charge in [0.05, 0.1) is 0 Å². The molecule has 0 spiro atoms. The molecule has 0 aliphatic heterocycles. The van der Waals surface area contributed by atoms with Gasteiger partial charge in [-0.2, -0.15) is 0 Å². The van der Waals surface area contributed by atoms with E-state index in [2.05, 4.69) is 31.9 Å². The zero-order valence-corrected chi connectivity index (χ0v) is 5.45. The first-order valence-electron chi connectivity index (χ1n) is 0.919. The lowest BCUT2D eigenvalue weighted by Gasteiger charge is -1.70. The van der Waals surface area contributed by atoms with Crippen LogP contribution in [0.1, 0.15) is 0 Å². The fourth-order valence-corrected chi connectivity index (χ4v) is 0. The maximum absolute atomic E-state index is 8.09. The Labute approximate surface area is 46.9 Å². The summed E-state index contributed by atoms with van der Waals surface area (Å²) in [6.45, 7) is 0. The third kappa shape index (κ3) is 4.50. The van der Waals surface area contributed by atoms with E-state index in [1.807, 2.05) is 0 Å². The quantitative estimate of drug-likeness (QED) is 0.596. The topological polar surface area (TPSA) is 20.2 Å². The van der Waals surface area contributed by atoms with E-state index in [-0.39, 0.29) is 4.67 Å². The first-order chi connectivity index (χ1) is 2.27. The van der Waals surface area contributed by atoms with Gasteiger partial charge in [-0.1, -0.05) is 15.9 Å². The van der Waals surface area contributed by atoms with Crippen LogP contribution >= 0.6 is 31.9 Å². The maximum atomic E-state index is 8.09. The number of aliphatic hydroxyl groups excluding tert-OH is 1. The molecule has 0 amide bonds. The monoisotopic (exact) mass is 200 g/mol. The Morgan fingerprint density at radius 3 is 2.00 bits per heavy atom. The molecule has 0 saturated heterocycles. The summed E-state index contributed by atoms with van der Waals surface area (Å²) in [6, 6.07) is 0. The minimum absolute atomic E-state index is 0.109. The van der Waals surface area contributed by atoms with Gasteiger partial charge in [0.25, 0.3) is 0 Å². The van der Waals surface area contributed by atoms with Crippen LogP contribution in [0.25, 0.3) is 0 Å². The molecule has 0 atom stereocenters. The van der Waals surface area contributed by atoms with E-state index in [0.717, 1.165) is 0 Å². The summed E-state index contributed by atoms with van der Waals surface area (Å²) in [5.41, 5.74) is 0. The normalized spacial score (nSPS) is 12.0. The summed E-state index contributed by atoms with van der Waals surface area (Å²) < 4.78 is 0.109. The number of rotatable bonds is 0. The molecule has 3 heteroatoms. The molecule has 0 aliphatic rings. The van der Waals surface area contributed by atoms with Crippen LogP contribution in [0, 0.1) is 0 Å². The largest absolute Gasteiger partial charge is 0.501 e. The summed E-state index contributed by atoms with van der Waals surface area (Å²) in [4.78, 5) is 1.37. The van der Waals surface area contributed by atoms with Crippen molar-refractivity contribution in [1.29, 1.82) is 0 Å². The summed E-state index contributed by atoms with van der Waals surface area (Å²) in [5, 5.41) is 8.09. The van der Waals surface area contributed by atoms with E-state index in [1.165, 1.54) is 4.99 Å². The van der Waals surface area contributed by atoms with Gasteiger partial charge in [0, 0.05) is 4.99 Å². The zero-order valence-electron chi connectivity index (χ0n) is 2.28. The first-order valence-corrected chi connectivity index (χ1v) is 2.63.